The molecular formula is C24H43N5. The molecule has 0 aliphatic carbocycles. The Kier molecular flexibility index (Phi) is 9.95. The first-order chi connectivity index (χ1) is 14.1. The number of piperazine rings is 1. The Morgan fingerprint density at radius 2 is 1.62 bits per heavy atom. The van der Waals surface area contributed by atoms with Crippen molar-refractivity contribution in [2.45, 2.75) is 46.0 Å². The summed E-state index contributed by atoms with van der Waals surface area (Å²) in [6, 6.07) is 10.9. The Morgan fingerprint density at radius 1 is 1.00 bits per heavy atom. The molecular weight excluding hydrogens is 358 g/mol. The van der Waals surface area contributed by atoms with Crippen molar-refractivity contribution < 1.29 is 0 Å². The molecule has 2 rings (SSSR count). The first-order valence-corrected chi connectivity index (χ1v) is 11.5. The number of guanidine groups is 1. The summed E-state index contributed by atoms with van der Waals surface area (Å²) in [5.41, 5.74) is 1.55. The van der Waals surface area contributed by atoms with Crippen molar-refractivity contribution in [1.29, 1.82) is 0 Å². The Labute approximate surface area is 179 Å². The minimum Gasteiger partial charge on any atom is -0.356 e. The van der Waals surface area contributed by atoms with Gasteiger partial charge in [-0.05, 0) is 30.9 Å². The van der Waals surface area contributed by atoms with Crippen LogP contribution in [0.3, 0.4) is 0 Å². The van der Waals surface area contributed by atoms with Crippen LogP contribution in [-0.4, -0.2) is 75.2 Å². The molecule has 1 fully saturated rings. The van der Waals surface area contributed by atoms with Crippen LogP contribution in [0.1, 0.15) is 46.1 Å². The highest BCUT2D eigenvalue weighted by Crippen LogP contribution is 2.30. The molecule has 0 aromatic heterocycles. The van der Waals surface area contributed by atoms with Crippen LogP contribution in [-0.2, 0) is 5.41 Å². The Morgan fingerprint density at radius 3 is 2.17 bits per heavy atom. The number of rotatable bonds is 10. The second kappa shape index (κ2) is 12.2. The van der Waals surface area contributed by atoms with Gasteiger partial charge in [0.25, 0.3) is 0 Å². The fraction of sp³-hybridized carbons (Fsp3) is 0.708. The fourth-order valence-electron chi connectivity index (χ4n) is 4.34. The highest BCUT2D eigenvalue weighted by molar-refractivity contribution is 5.79. The lowest BCUT2D eigenvalue weighted by Crippen LogP contribution is -2.49. The highest BCUT2D eigenvalue weighted by atomic mass is 15.3. The zero-order valence-electron chi connectivity index (χ0n) is 19.4. The summed E-state index contributed by atoms with van der Waals surface area (Å²) >= 11 is 0. The second-order valence-corrected chi connectivity index (χ2v) is 8.50. The molecule has 164 valence electrons. The molecule has 1 aliphatic heterocycles. The average molecular weight is 402 g/mol. The zero-order chi connectivity index (χ0) is 21.1. The van der Waals surface area contributed by atoms with Crippen LogP contribution in [0.5, 0.6) is 0 Å². The molecule has 0 saturated carbocycles. The maximum atomic E-state index is 4.47. The molecule has 1 aliphatic rings. The molecule has 1 saturated heterocycles. The summed E-state index contributed by atoms with van der Waals surface area (Å²) in [6.45, 7) is 18.1. The van der Waals surface area contributed by atoms with Crippen molar-refractivity contribution in [2.24, 2.45) is 10.9 Å². The van der Waals surface area contributed by atoms with Crippen LogP contribution in [0, 0.1) is 5.92 Å². The van der Waals surface area contributed by atoms with Gasteiger partial charge in [0, 0.05) is 58.3 Å². The smallest absolute Gasteiger partial charge is 0.191 e. The largest absolute Gasteiger partial charge is 0.356 e. The molecule has 0 spiro atoms. The Balaban J connectivity index is 1.81. The van der Waals surface area contributed by atoms with Crippen LogP contribution in [0.2, 0.25) is 0 Å². The van der Waals surface area contributed by atoms with Crippen LogP contribution in [0.25, 0.3) is 0 Å². The van der Waals surface area contributed by atoms with E-state index in [9.17, 15) is 0 Å². The molecule has 1 heterocycles. The second-order valence-electron chi connectivity index (χ2n) is 8.50. The van der Waals surface area contributed by atoms with Gasteiger partial charge in [0.05, 0.1) is 0 Å². The molecule has 29 heavy (non-hydrogen) atoms. The normalized spacial score (nSPS) is 17.9. The van der Waals surface area contributed by atoms with E-state index in [1.54, 1.807) is 0 Å². The average Bonchev–Trinajstić information content (AvgIpc) is 2.78. The minimum absolute atomic E-state index is 0.142. The number of nitrogens with zero attached hydrogens (tertiary/aromatic N) is 3. The molecule has 2 N–H and O–H groups in total. The number of nitrogens with one attached hydrogen (secondary N) is 2. The number of hydrogen-bond acceptors (Lipinski definition) is 3. The highest BCUT2D eigenvalue weighted by Gasteiger charge is 2.28. The molecule has 5 nitrogen and oxygen atoms in total. The third kappa shape index (κ3) is 7.00. The van der Waals surface area contributed by atoms with E-state index in [0.29, 0.717) is 5.92 Å². The van der Waals surface area contributed by atoms with Crippen molar-refractivity contribution in [1.82, 2.24) is 20.4 Å². The van der Waals surface area contributed by atoms with Gasteiger partial charge in [0.2, 0.25) is 0 Å². The van der Waals surface area contributed by atoms with Crippen LogP contribution >= 0.6 is 0 Å². The van der Waals surface area contributed by atoms with Gasteiger partial charge in [0.1, 0.15) is 0 Å². The molecule has 0 bridgehead atoms. The van der Waals surface area contributed by atoms with E-state index in [4.69, 9.17) is 0 Å². The maximum Gasteiger partial charge on any atom is 0.191 e. The monoisotopic (exact) mass is 401 g/mol. The van der Waals surface area contributed by atoms with E-state index in [0.717, 1.165) is 38.4 Å². The van der Waals surface area contributed by atoms with Crippen molar-refractivity contribution in [3.63, 3.8) is 0 Å². The van der Waals surface area contributed by atoms with Gasteiger partial charge in [-0.25, -0.2) is 0 Å². The topological polar surface area (TPSA) is 42.9 Å². The fourth-order valence-corrected chi connectivity index (χ4v) is 4.34. The van der Waals surface area contributed by atoms with E-state index < -0.39 is 0 Å². The third-order valence-electron chi connectivity index (χ3n) is 6.66. The van der Waals surface area contributed by atoms with Crippen molar-refractivity contribution >= 4 is 5.96 Å². The summed E-state index contributed by atoms with van der Waals surface area (Å²) in [5.74, 6) is 1.51. The summed E-state index contributed by atoms with van der Waals surface area (Å²) < 4.78 is 0. The summed E-state index contributed by atoms with van der Waals surface area (Å²) in [7, 11) is 1.87. The molecule has 1 aromatic carbocycles. The lowest BCUT2D eigenvalue weighted by Gasteiger charge is -2.35. The van der Waals surface area contributed by atoms with Crippen LogP contribution in [0.15, 0.2) is 35.3 Å². The van der Waals surface area contributed by atoms with Gasteiger partial charge >= 0.3 is 0 Å². The van der Waals surface area contributed by atoms with E-state index >= 15 is 0 Å². The predicted octanol–water partition coefficient (Wildman–Crippen LogP) is 3.18. The predicted molar refractivity (Wildman–Crippen MR) is 126 cm³/mol. The van der Waals surface area contributed by atoms with Crippen molar-refractivity contribution in [2.75, 3.05) is 59.4 Å². The van der Waals surface area contributed by atoms with Crippen molar-refractivity contribution in [3.8, 4) is 0 Å². The van der Waals surface area contributed by atoms with Gasteiger partial charge in [-0.2, -0.15) is 0 Å². The van der Waals surface area contributed by atoms with Crippen LogP contribution in [0.4, 0.5) is 0 Å². The van der Waals surface area contributed by atoms with Gasteiger partial charge in [-0.3, -0.25) is 4.99 Å². The molecule has 1 atom stereocenters. The quantitative estimate of drug-likeness (QED) is 0.467. The first kappa shape index (κ1) is 23.7. The van der Waals surface area contributed by atoms with Gasteiger partial charge in [0.15, 0.2) is 5.96 Å². The van der Waals surface area contributed by atoms with E-state index in [2.05, 4.69) is 83.5 Å². The summed E-state index contributed by atoms with van der Waals surface area (Å²) in [5, 5.41) is 7.15. The van der Waals surface area contributed by atoms with E-state index in [-0.39, 0.29) is 5.41 Å². The Hall–Kier alpha value is -1.59. The third-order valence-corrected chi connectivity index (χ3v) is 6.66. The minimum atomic E-state index is 0.142. The molecule has 0 amide bonds. The number of aliphatic imine (C=N–C) groups is 1. The van der Waals surface area contributed by atoms with E-state index in [1.807, 2.05) is 7.05 Å². The molecule has 5 heteroatoms. The summed E-state index contributed by atoms with van der Waals surface area (Å²) in [4.78, 5) is 9.60. The van der Waals surface area contributed by atoms with Crippen LogP contribution < -0.4 is 10.6 Å². The maximum absolute atomic E-state index is 4.47. The standard InChI is InChI=1S/C24H43N5/c1-6-24(7-2,22-12-10-9-11-13-22)20-27-23(25-5)26-18-21(4)19-29-16-14-28(8-3)15-17-29/h9-13,21H,6-8,14-20H2,1-5H3,(H2,25,26,27). The Bertz CT molecular complexity index is 589. The number of likely N-dealkylation sites (N-methyl/N-ethyl adjacent to an activating group) is 1. The molecule has 1 unspecified atom stereocenters. The number of hydrogen-bond donors (Lipinski definition) is 2. The van der Waals surface area contributed by atoms with Gasteiger partial charge in [-0.15, -0.1) is 0 Å². The lowest BCUT2D eigenvalue weighted by molar-refractivity contribution is 0.124. The molecule has 0 radical (unpaired) electrons. The van der Waals surface area contributed by atoms with Gasteiger partial charge in [-0.1, -0.05) is 58.0 Å². The van der Waals surface area contributed by atoms with Crippen molar-refractivity contribution in [3.05, 3.63) is 35.9 Å². The first-order valence-electron chi connectivity index (χ1n) is 11.5. The SMILES string of the molecule is CCN1CCN(CC(C)CNC(=NC)NCC(CC)(CC)c2ccccc2)CC1. The molecule has 1 aromatic rings. The number of benzene rings is 1. The summed E-state index contributed by atoms with van der Waals surface area (Å²) in [6.07, 6.45) is 2.22. The van der Waals surface area contributed by atoms with E-state index in [1.165, 1.54) is 38.3 Å². The lowest BCUT2D eigenvalue weighted by atomic mass is 9.76. The zero-order valence-corrected chi connectivity index (χ0v) is 19.4. The van der Waals surface area contributed by atoms with Gasteiger partial charge < -0.3 is 20.4 Å².